The standard InChI is InChI=1S/C53H31N11/c1-2-12-32(13-3-1)61-43-18-8-6-16-35(43)39-26-41(56-30-49(39)61)42-27-40-36-17-7-11-21-46(36)64(50(40)31-57-42)53-59-51(62-44-19-9-4-14-33(44)37-22-24-54-28-47(37)62)58-52(60-53)63-45-20-10-5-15-34(45)38-23-25-55-29-48(38)63/h1-31H. The molecule has 14 rings (SSSR count). The maximum atomic E-state index is 5.36. The Hall–Kier alpha value is -9.09. The third kappa shape index (κ3) is 4.88. The monoisotopic (exact) mass is 821 g/mol. The number of rotatable bonds is 5. The van der Waals surface area contributed by atoms with E-state index >= 15 is 0 Å². The van der Waals surface area contributed by atoms with Crippen LogP contribution < -0.4 is 0 Å². The van der Waals surface area contributed by atoms with Crippen molar-refractivity contribution in [3.63, 3.8) is 0 Å². The van der Waals surface area contributed by atoms with Crippen LogP contribution in [0.2, 0.25) is 0 Å². The summed E-state index contributed by atoms with van der Waals surface area (Å²) in [5.41, 5.74) is 10.3. The highest BCUT2D eigenvalue weighted by atomic mass is 15.3. The number of pyridine rings is 4. The van der Waals surface area contributed by atoms with E-state index in [0.29, 0.717) is 17.8 Å². The first-order valence-corrected chi connectivity index (χ1v) is 21.0. The minimum Gasteiger partial charge on any atom is -0.308 e. The number of nitrogens with zero attached hydrogens (tertiary/aromatic N) is 11. The van der Waals surface area contributed by atoms with E-state index in [1.165, 1.54) is 0 Å². The first kappa shape index (κ1) is 34.6. The van der Waals surface area contributed by atoms with Crippen molar-refractivity contribution in [2.45, 2.75) is 0 Å². The van der Waals surface area contributed by atoms with Gasteiger partial charge in [0.25, 0.3) is 0 Å². The highest BCUT2D eigenvalue weighted by molar-refractivity contribution is 6.13. The summed E-state index contributed by atoms with van der Waals surface area (Å²) >= 11 is 0. The summed E-state index contributed by atoms with van der Waals surface area (Å²) in [6, 6.07) is 52.3. The Morgan fingerprint density at radius 1 is 0.281 bits per heavy atom. The molecule has 0 aliphatic heterocycles. The summed E-state index contributed by atoms with van der Waals surface area (Å²) in [5.74, 6) is 1.35. The zero-order chi connectivity index (χ0) is 41.9. The molecule has 5 aromatic carbocycles. The predicted octanol–water partition coefficient (Wildman–Crippen LogP) is 11.5. The zero-order valence-corrected chi connectivity index (χ0v) is 33.8. The predicted molar refractivity (Wildman–Crippen MR) is 254 cm³/mol. The van der Waals surface area contributed by atoms with E-state index in [-0.39, 0.29) is 0 Å². The fraction of sp³-hybridized carbons (Fsp3) is 0. The van der Waals surface area contributed by atoms with Gasteiger partial charge in [0, 0.05) is 61.2 Å². The number of aromatic nitrogens is 11. The highest BCUT2D eigenvalue weighted by Crippen LogP contribution is 2.38. The molecule has 0 N–H and O–H groups in total. The number of para-hydroxylation sites is 5. The van der Waals surface area contributed by atoms with Crippen LogP contribution in [0.5, 0.6) is 0 Å². The minimum atomic E-state index is 0.443. The van der Waals surface area contributed by atoms with Crippen LogP contribution in [0.4, 0.5) is 0 Å². The van der Waals surface area contributed by atoms with Gasteiger partial charge in [0.2, 0.25) is 17.8 Å². The second-order valence-corrected chi connectivity index (χ2v) is 15.9. The molecule has 11 heteroatoms. The lowest BCUT2D eigenvalue weighted by atomic mass is 10.1. The average molecular weight is 822 g/mol. The molecule has 0 saturated heterocycles. The normalized spacial score (nSPS) is 12.1. The highest BCUT2D eigenvalue weighted by Gasteiger charge is 2.24. The Morgan fingerprint density at radius 2 is 0.625 bits per heavy atom. The molecule has 0 unspecified atom stereocenters. The van der Waals surface area contributed by atoms with E-state index < -0.39 is 0 Å². The number of fused-ring (bicyclic) bond motifs is 12. The Balaban J connectivity index is 1.02. The van der Waals surface area contributed by atoms with Gasteiger partial charge in [-0.15, -0.1) is 0 Å². The van der Waals surface area contributed by atoms with Gasteiger partial charge >= 0.3 is 0 Å². The lowest BCUT2D eigenvalue weighted by Crippen LogP contribution is -2.13. The third-order valence-electron chi connectivity index (χ3n) is 12.5. The van der Waals surface area contributed by atoms with Gasteiger partial charge in [0.05, 0.1) is 80.3 Å². The number of benzene rings is 5. The molecule has 0 bridgehead atoms. The average Bonchev–Trinajstić information content (AvgIpc) is 4.09. The maximum absolute atomic E-state index is 5.36. The van der Waals surface area contributed by atoms with E-state index in [9.17, 15) is 0 Å². The molecule has 0 spiro atoms. The molecule has 0 amide bonds. The van der Waals surface area contributed by atoms with Crippen molar-refractivity contribution in [3.05, 3.63) is 189 Å². The molecule has 9 aromatic heterocycles. The van der Waals surface area contributed by atoms with Crippen molar-refractivity contribution >= 4 is 87.2 Å². The fourth-order valence-corrected chi connectivity index (χ4v) is 9.80. The van der Waals surface area contributed by atoms with E-state index in [4.69, 9.17) is 24.9 Å². The van der Waals surface area contributed by atoms with Gasteiger partial charge in [0.1, 0.15) is 0 Å². The SMILES string of the molecule is c1ccc(-n2c3ccccc3c3cc(-c4cc5c6ccccc6n(-c6nc(-n7c8ccccc8c8ccncc87)nc(-n7c8ccccc8c8ccncc87)n6)c5cn4)ncc32)cc1. The van der Waals surface area contributed by atoms with Crippen LogP contribution in [0.3, 0.4) is 0 Å². The number of hydrogen-bond acceptors (Lipinski definition) is 7. The molecule has 9 heterocycles. The molecule has 0 radical (unpaired) electrons. The summed E-state index contributed by atoms with van der Waals surface area (Å²) in [5, 5.41) is 8.57. The van der Waals surface area contributed by atoms with E-state index in [0.717, 1.165) is 104 Å². The lowest BCUT2D eigenvalue weighted by Gasteiger charge is -2.13. The van der Waals surface area contributed by atoms with Gasteiger partial charge in [-0.05, 0) is 60.7 Å². The molecule has 11 nitrogen and oxygen atoms in total. The Labute approximate surface area is 362 Å². The third-order valence-corrected chi connectivity index (χ3v) is 12.5. The molecule has 0 aliphatic rings. The fourth-order valence-electron chi connectivity index (χ4n) is 9.80. The van der Waals surface area contributed by atoms with Gasteiger partial charge in [-0.3, -0.25) is 33.6 Å². The van der Waals surface area contributed by atoms with Crippen molar-refractivity contribution in [2.24, 2.45) is 0 Å². The summed E-state index contributed by atoms with van der Waals surface area (Å²) in [7, 11) is 0. The van der Waals surface area contributed by atoms with Crippen LogP contribution in [0.25, 0.3) is 122 Å². The van der Waals surface area contributed by atoms with Gasteiger partial charge in [-0.1, -0.05) is 91.0 Å². The molecule has 0 saturated carbocycles. The molecular formula is C53H31N11. The molecule has 0 atom stereocenters. The van der Waals surface area contributed by atoms with Crippen LogP contribution in [-0.4, -0.2) is 53.2 Å². The maximum Gasteiger partial charge on any atom is 0.241 e. The quantitative estimate of drug-likeness (QED) is 0.170. The van der Waals surface area contributed by atoms with E-state index in [1.54, 1.807) is 0 Å². The van der Waals surface area contributed by atoms with Crippen LogP contribution in [0.15, 0.2) is 189 Å². The molecule has 14 aromatic rings. The van der Waals surface area contributed by atoms with Crippen molar-refractivity contribution < 1.29 is 0 Å². The molecular weight excluding hydrogens is 791 g/mol. The first-order chi connectivity index (χ1) is 31.8. The van der Waals surface area contributed by atoms with Gasteiger partial charge in [-0.25, -0.2) is 0 Å². The summed E-state index contributed by atoms with van der Waals surface area (Å²) in [4.78, 5) is 35.3. The van der Waals surface area contributed by atoms with E-state index in [2.05, 4.69) is 143 Å². The summed E-state index contributed by atoms with van der Waals surface area (Å²) in [6.45, 7) is 0. The lowest BCUT2D eigenvalue weighted by molar-refractivity contribution is 0.846. The second-order valence-electron chi connectivity index (χ2n) is 15.9. The van der Waals surface area contributed by atoms with Crippen LogP contribution in [0.1, 0.15) is 0 Å². The smallest absolute Gasteiger partial charge is 0.241 e. The summed E-state index contributed by atoms with van der Waals surface area (Å²) < 4.78 is 8.53. The Morgan fingerprint density at radius 3 is 1.08 bits per heavy atom. The van der Waals surface area contributed by atoms with Crippen LogP contribution >= 0.6 is 0 Å². The first-order valence-electron chi connectivity index (χ1n) is 21.0. The topological polar surface area (TPSA) is 110 Å². The Bertz CT molecular complexity index is 3980. The minimum absolute atomic E-state index is 0.443. The molecule has 298 valence electrons. The molecule has 0 fully saturated rings. The van der Waals surface area contributed by atoms with Gasteiger partial charge < -0.3 is 4.57 Å². The van der Waals surface area contributed by atoms with E-state index in [1.807, 2.05) is 73.6 Å². The van der Waals surface area contributed by atoms with Gasteiger partial charge in [-0.2, -0.15) is 15.0 Å². The molecule has 64 heavy (non-hydrogen) atoms. The number of hydrogen-bond donors (Lipinski definition) is 0. The zero-order valence-electron chi connectivity index (χ0n) is 33.8. The van der Waals surface area contributed by atoms with Crippen molar-refractivity contribution in [3.8, 4) is 34.9 Å². The van der Waals surface area contributed by atoms with Crippen molar-refractivity contribution in [2.75, 3.05) is 0 Å². The van der Waals surface area contributed by atoms with Crippen LogP contribution in [0, 0.1) is 0 Å². The Kier molecular flexibility index (Phi) is 7.14. The summed E-state index contributed by atoms with van der Waals surface area (Å²) in [6.07, 6.45) is 11.3. The second kappa shape index (κ2) is 13.2. The molecule has 0 aliphatic carbocycles. The van der Waals surface area contributed by atoms with Crippen molar-refractivity contribution in [1.29, 1.82) is 0 Å². The van der Waals surface area contributed by atoms with Crippen LogP contribution in [-0.2, 0) is 0 Å². The van der Waals surface area contributed by atoms with Crippen molar-refractivity contribution in [1.82, 2.24) is 53.2 Å². The largest absolute Gasteiger partial charge is 0.308 e. The van der Waals surface area contributed by atoms with Gasteiger partial charge in [0.15, 0.2) is 0 Å².